The van der Waals surface area contributed by atoms with Gasteiger partial charge in [-0.05, 0) is 0 Å². The molecular weight excluding hydrogens is 110 g/mol. The Labute approximate surface area is 51.3 Å². The summed E-state index contributed by atoms with van der Waals surface area (Å²) in [6, 6.07) is 0. The van der Waals surface area contributed by atoms with E-state index < -0.39 is 0 Å². The summed E-state index contributed by atoms with van der Waals surface area (Å²) in [5.41, 5.74) is 0. The molecule has 0 unspecified atom stereocenters. The summed E-state index contributed by atoms with van der Waals surface area (Å²) >= 11 is 0. The van der Waals surface area contributed by atoms with Crippen molar-refractivity contribution in [3.63, 3.8) is 0 Å². The second kappa shape index (κ2) is 4.52. The van der Waals surface area contributed by atoms with Gasteiger partial charge in [-0.3, -0.25) is 0 Å². The van der Waals surface area contributed by atoms with Gasteiger partial charge in [-0.15, -0.1) is 12.4 Å². The zero-order valence-electron chi connectivity index (χ0n) is 3.64. The van der Waals surface area contributed by atoms with E-state index in [1.54, 1.807) is 22.6 Å². The molecule has 1 rings (SSSR count). The van der Waals surface area contributed by atoms with E-state index in [1.807, 2.05) is 0 Å². The van der Waals surface area contributed by atoms with Crippen LogP contribution in [0.5, 0.6) is 0 Å². The highest BCUT2D eigenvalue weighted by Crippen LogP contribution is 1.46. The molecule has 0 aromatic rings. The standard InChI is InChI=1S/B3H3N3.ClH/c1-4-2-6-3-5-1;/h4-6H;1H. The van der Waals surface area contributed by atoms with E-state index in [0.29, 0.717) is 0 Å². The first-order valence-electron chi connectivity index (χ1n) is 1.73. The fourth-order valence-corrected chi connectivity index (χ4v) is 0.269. The molecule has 1 fully saturated rings. The van der Waals surface area contributed by atoms with Crippen molar-refractivity contribution >= 4 is 35.1 Å². The molecule has 7 heteroatoms. The summed E-state index contributed by atoms with van der Waals surface area (Å²) < 4.78 is 0. The molecule has 0 amide bonds. The topological polar surface area (TPSA) is 36.1 Å². The summed E-state index contributed by atoms with van der Waals surface area (Å²) in [5.74, 6) is 0. The van der Waals surface area contributed by atoms with Crippen molar-refractivity contribution in [3.05, 3.63) is 0 Å². The zero-order valence-corrected chi connectivity index (χ0v) is 4.46. The Kier molecular flexibility index (Phi) is 4.76. The molecule has 1 heterocycles. The molecule has 0 aliphatic carbocycles. The van der Waals surface area contributed by atoms with Crippen LogP contribution in [0.25, 0.3) is 0 Å². The maximum atomic E-state index is 2.78. The molecule has 0 atom stereocenters. The first kappa shape index (κ1) is 7.36. The molecule has 0 aromatic heterocycles. The molecular formula is H4B3ClN3. The smallest absolute Gasteiger partial charge is 0.284 e. The van der Waals surface area contributed by atoms with Gasteiger partial charge in [0.25, 0.3) is 22.6 Å². The zero-order chi connectivity index (χ0) is 4.24. The lowest BCUT2D eigenvalue weighted by atomic mass is 9.85. The van der Waals surface area contributed by atoms with Crippen molar-refractivity contribution in [1.82, 2.24) is 15.4 Å². The largest absolute Gasteiger partial charge is 0.379 e. The van der Waals surface area contributed by atoms with Crippen LogP contribution in [0.15, 0.2) is 0 Å². The van der Waals surface area contributed by atoms with Crippen molar-refractivity contribution < 1.29 is 0 Å². The Morgan fingerprint density at radius 2 is 1.00 bits per heavy atom. The number of hydrogen-bond acceptors (Lipinski definition) is 3. The van der Waals surface area contributed by atoms with Gasteiger partial charge in [0.05, 0.1) is 0 Å². The van der Waals surface area contributed by atoms with E-state index in [-0.39, 0.29) is 12.4 Å². The van der Waals surface area contributed by atoms with Crippen molar-refractivity contribution in [2.45, 2.75) is 0 Å². The Hall–Kier alpha value is 0.365. The highest BCUT2D eigenvalue weighted by molar-refractivity contribution is 6.65. The molecule has 0 saturated carbocycles. The molecule has 7 heavy (non-hydrogen) atoms. The van der Waals surface area contributed by atoms with E-state index in [9.17, 15) is 0 Å². The van der Waals surface area contributed by atoms with E-state index >= 15 is 0 Å². The van der Waals surface area contributed by atoms with Gasteiger partial charge in [0, 0.05) is 0 Å². The Balaban J connectivity index is 0.000000360. The molecule has 3 nitrogen and oxygen atoms in total. The number of halogens is 1. The lowest BCUT2D eigenvalue weighted by molar-refractivity contribution is 1.28. The Bertz CT molecular complexity index is 25.7. The minimum absolute atomic E-state index is 0. The summed E-state index contributed by atoms with van der Waals surface area (Å²) in [5, 5.41) is 8.34. The summed E-state index contributed by atoms with van der Waals surface area (Å²) in [6.07, 6.45) is 0. The molecule has 1 saturated heterocycles. The summed E-state index contributed by atoms with van der Waals surface area (Å²) in [7, 11) is 5.16. The highest BCUT2D eigenvalue weighted by atomic mass is 35.5. The highest BCUT2D eigenvalue weighted by Gasteiger charge is 1.98. The molecule has 3 radical (unpaired) electrons. The maximum Gasteiger partial charge on any atom is 0.284 e. The second-order valence-corrected chi connectivity index (χ2v) is 0.933. The minimum Gasteiger partial charge on any atom is -0.379 e. The van der Waals surface area contributed by atoms with Crippen molar-refractivity contribution in [2.24, 2.45) is 0 Å². The summed E-state index contributed by atoms with van der Waals surface area (Å²) in [4.78, 5) is 0. The SMILES string of the molecule is Cl.[B]1N[B]N[B]N1. The average molecular weight is 114 g/mol. The van der Waals surface area contributed by atoms with Crippen molar-refractivity contribution in [1.29, 1.82) is 0 Å². The Morgan fingerprint density at radius 1 is 0.714 bits per heavy atom. The fraction of sp³-hybridized carbons (Fsp3) is 0. The van der Waals surface area contributed by atoms with E-state index in [1.165, 1.54) is 0 Å². The first-order chi connectivity index (χ1) is 3.00. The lowest BCUT2D eigenvalue weighted by Gasteiger charge is -2.07. The van der Waals surface area contributed by atoms with Crippen LogP contribution >= 0.6 is 12.4 Å². The van der Waals surface area contributed by atoms with Crippen LogP contribution in [-0.4, -0.2) is 22.6 Å². The van der Waals surface area contributed by atoms with Crippen LogP contribution < -0.4 is 15.4 Å². The van der Waals surface area contributed by atoms with E-state index in [4.69, 9.17) is 0 Å². The van der Waals surface area contributed by atoms with E-state index in [0.717, 1.165) is 0 Å². The van der Waals surface area contributed by atoms with Crippen molar-refractivity contribution in [3.8, 4) is 0 Å². The molecule has 1 aliphatic rings. The third kappa shape index (κ3) is 2.99. The van der Waals surface area contributed by atoms with Gasteiger partial charge in [0.1, 0.15) is 0 Å². The quantitative estimate of drug-likeness (QED) is 0.312. The van der Waals surface area contributed by atoms with Crippen LogP contribution in [0.1, 0.15) is 0 Å². The van der Waals surface area contributed by atoms with Gasteiger partial charge in [0.15, 0.2) is 0 Å². The molecule has 0 bridgehead atoms. The summed E-state index contributed by atoms with van der Waals surface area (Å²) in [6.45, 7) is 0. The van der Waals surface area contributed by atoms with Crippen LogP contribution in [0.4, 0.5) is 0 Å². The van der Waals surface area contributed by atoms with Crippen LogP contribution in [0.3, 0.4) is 0 Å². The van der Waals surface area contributed by atoms with Crippen LogP contribution in [-0.2, 0) is 0 Å². The predicted molar refractivity (Wildman–Crippen MR) is 33.9 cm³/mol. The van der Waals surface area contributed by atoms with Crippen LogP contribution in [0, 0.1) is 0 Å². The van der Waals surface area contributed by atoms with Gasteiger partial charge >= 0.3 is 0 Å². The molecule has 0 aromatic carbocycles. The van der Waals surface area contributed by atoms with Gasteiger partial charge in [-0.1, -0.05) is 0 Å². The fourth-order valence-electron chi connectivity index (χ4n) is 0.269. The third-order valence-corrected chi connectivity index (χ3v) is 0.500. The average Bonchev–Trinajstić information content (AvgIpc) is 1.72. The van der Waals surface area contributed by atoms with Gasteiger partial charge < -0.3 is 15.4 Å². The third-order valence-electron chi connectivity index (χ3n) is 0.500. The molecule has 35 valence electrons. The lowest BCUT2D eigenvalue weighted by Crippen LogP contribution is -2.55. The number of hydrogen-bond donors (Lipinski definition) is 3. The minimum atomic E-state index is 0. The number of nitrogens with one attached hydrogen (secondary N) is 3. The molecule has 0 spiro atoms. The predicted octanol–water partition coefficient (Wildman–Crippen LogP) is -2.21. The van der Waals surface area contributed by atoms with Gasteiger partial charge in [0.2, 0.25) is 0 Å². The van der Waals surface area contributed by atoms with E-state index in [2.05, 4.69) is 15.4 Å². The Morgan fingerprint density at radius 3 is 1.14 bits per heavy atom. The van der Waals surface area contributed by atoms with Gasteiger partial charge in [-0.25, -0.2) is 0 Å². The van der Waals surface area contributed by atoms with Crippen molar-refractivity contribution in [2.75, 3.05) is 0 Å². The van der Waals surface area contributed by atoms with Crippen LogP contribution in [0.2, 0.25) is 0 Å². The monoisotopic (exact) mass is 114 g/mol. The normalized spacial score (nSPS) is 17.1. The molecule has 3 N–H and O–H groups in total. The van der Waals surface area contributed by atoms with Gasteiger partial charge in [-0.2, -0.15) is 0 Å². The second-order valence-electron chi connectivity index (χ2n) is 0.933. The first-order valence-corrected chi connectivity index (χ1v) is 1.73. The maximum absolute atomic E-state index is 2.78. The molecule has 1 aliphatic heterocycles. The number of rotatable bonds is 0.